The van der Waals surface area contributed by atoms with Gasteiger partial charge in [-0.2, -0.15) is 5.10 Å². The van der Waals surface area contributed by atoms with Crippen LogP contribution in [0.5, 0.6) is 0 Å². The Morgan fingerprint density at radius 1 is 1.20 bits per heavy atom. The fourth-order valence-electron chi connectivity index (χ4n) is 1.80. The van der Waals surface area contributed by atoms with E-state index in [1.165, 1.54) is 18.4 Å². The molecule has 2 aromatic rings. The van der Waals surface area contributed by atoms with Gasteiger partial charge in [0.15, 0.2) is 0 Å². The number of hydrogen-bond donors (Lipinski definition) is 1. The second-order valence-corrected chi connectivity index (χ2v) is 6.89. The zero-order chi connectivity index (χ0) is 14.9. The molecule has 0 aliphatic carbocycles. The van der Waals surface area contributed by atoms with E-state index in [4.69, 9.17) is 0 Å². The van der Waals surface area contributed by atoms with Gasteiger partial charge in [-0.15, -0.1) is 0 Å². The molecular weight excluding hydrogens is 276 g/mol. The fraction of sp³-hybridized carbons (Fsp3) is 0.308. The van der Waals surface area contributed by atoms with Crippen LogP contribution in [0.4, 0.5) is 11.4 Å². The lowest BCUT2D eigenvalue weighted by atomic mass is 10.3. The molecule has 1 heterocycles. The maximum absolute atomic E-state index is 12.0. The molecule has 1 aromatic carbocycles. The largest absolute Gasteiger partial charge is 0.353 e. The van der Waals surface area contributed by atoms with Gasteiger partial charge in [0.05, 0.1) is 16.3 Å². The van der Waals surface area contributed by atoms with Crippen LogP contribution in [0.15, 0.2) is 35.4 Å². The van der Waals surface area contributed by atoms with Gasteiger partial charge in [-0.1, -0.05) is 0 Å². The van der Waals surface area contributed by atoms with E-state index in [0.717, 1.165) is 17.1 Å². The molecule has 0 bridgehead atoms. The van der Waals surface area contributed by atoms with Gasteiger partial charge in [-0.05, 0) is 31.2 Å². The molecule has 108 valence electrons. The number of hydrogen-bond acceptors (Lipinski definition) is 4. The summed E-state index contributed by atoms with van der Waals surface area (Å²) in [5.74, 6) is 0. The number of aromatic nitrogens is 2. The average Bonchev–Trinajstić information content (AvgIpc) is 2.68. The fourth-order valence-corrected chi connectivity index (χ4v) is 2.70. The number of rotatable bonds is 4. The molecule has 6 nitrogen and oxygen atoms in total. The Morgan fingerprint density at radius 3 is 2.25 bits per heavy atom. The Hall–Kier alpha value is -1.86. The highest BCUT2D eigenvalue weighted by Gasteiger charge is 2.16. The van der Waals surface area contributed by atoms with Crippen molar-refractivity contribution in [1.29, 1.82) is 0 Å². The SMILES string of the molecule is Cc1nn(C)cc1Nc1ccc(S(=O)(=O)N(C)C)cc1. The van der Waals surface area contributed by atoms with Crippen molar-refractivity contribution in [3.8, 4) is 0 Å². The first-order valence-electron chi connectivity index (χ1n) is 6.10. The zero-order valence-electron chi connectivity index (χ0n) is 12.0. The molecule has 0 saturated carbocycles. The van der Waals surface area contributed by atoms with Gasteiger partial charge in [0.25, 0.3) is 0 Å². The van der Waals surface area contributed by atoms with E-state index in [1.807, 2.05) is 20.2 Å². The van der Waals surface area contributed by atoms with Crippen molar-refractivity contribution >= 4 is 21.4 Å². The molecule has 20 heavy (non-hydrogen) atoms. The van der Waals surface area contributed by atoms with E-state index in [2.05, 4.69) is 10.4 Å². The minimum absolute atomic E-state index is 0.274. The molecule has 0 atom stereocenters. The number of nitrogens with one attached hydrogen (secondary N) is 1. The molecule has 0 aliphatic rings. The molecule has 0 aliphatic heterocycles. The third kappa shape index (κ3) is 2.83. The predicted molar refractivity (Wildman–Crippen MR) is 78.5 cm³/mol. The van der Waals surface area contributed by atoms with E-state index in [-0.39, 0.29) is 4.90 Å². The second kappa shape index (κ2) is 5.26. The standard InChI is InChI=1S/C13H18N4O2S/c1-10-13(9-17(4)15-10)14-11-5-7-12(8-6-11)20(18,19)16(2)3/h5-9,14H,1-4H3. The van der Waals surface area contributed by atoms with Gasteiger partial charge in [0.2, 0.25) is 10.0 Å². The Balaban J connectivity index is 2.23. The number of anilines is 2. The molecule has 0 unspecified atom stereocenters. The summed E-state index contributed by atoms with van der Waals surface area (Å²) < 4.78 is 26.8. The molecule has 0 radical (unpaired) electrons. The van der Waals surface area contributed by atoms with Crippen LogP contribution in [-0.4, -0.2) is 36.6 Å². The number of sulfonamides is 1. The van der Waals surface area contributed by atoms with E-state index in [0.29, 0.717) is 0 Å². The van der Waals surface area contributed by atoms with E-state index >= 15 is 0 Å². The van der Waals surface area contributed by atoms with Crippen molar-refractivity contribution in [3.05, 3.63) is 36.2 Å². The number of nitrogens with zero attached hydrogens (tertiary/aromatic N) is 3. The van der Waals surface area contributed by atoms with Crippen LogP contribution in [-0.2, 0) is 17.1 Å². The first-order valence-corrected chi connectivity index (χ1v) is 7.54. The van der Waals surface area contributed by atoms with Crippen molar-refractivity contribution in [2.45, 2.75) is 11.8 Å². The van der Waals surface area contributed by atoms with Gasteiger partial charge in [-0.3, -0.25) is 4.68 Å². The lowest BCUT2D eigenvalue weighted by Crippen LogP contribution is -2.22. The molecule has 7 heteroatoms. The molecule has 1 N–H and O–H groups in total. The highest BCUT2D eigenvalue weighted by molar-refractivity contribution is 7.89. The Kier molecular flexibility index (Phi) is 3.82. The third-order valence-corrected chi connectivity index (χ3v) is 4.75. The molecule has 0 fully saturated rings. The van der Waals surface area contributed by atoms with Crippen molar-refractivity contribution in [3.63, 3.8) is 0 Å². The zero-order valence-corrected chi connectivity index (χ0v) is 12.8. The average molecular weight is 294 g/mol. The second-order valence-electron chi connectivity index (χ2n) is 4.74. The lowest BCUT2D eigenvalue weighted by Gasteiger charge is -2.12. The minimum Gasteiger partial charge on any atom is -0.353 e. The summed E-state index contributed by atoms with van der Waals surface area (Å²) in [6.07, 6.45) is 1.87. The van der Waals surface area contributed by atoms with Crippen LogP contribution in [0.25, 0.3) is 0 Å². The van der Waals surface area contributed by atoms with Gasteiger partial charge < -0.3 is 5.32 Å². The number of benzene rings is 1. The van der Waals surface area contributed by atoms with Gasteiger partial charge in [-0.25, -0.2) is 12.7 Å². The topological polar surface area (TPSA) is 67.2 Å². The number of aryl methyl sites for hydroxylation is 2. The van der Waals surface area contributed by atoms with E-state index in [9.17, 15) is 8.42 Å². The summed E-state index contributed by atoms with van der Waals surface area (Å²) in [6.45, 7) is 1.91. The van der Waals surface area contributed by atoms with E-state index in [1.54, 1.807) is 28.9 Å². The van der Waals surface area contributed by atoms with Crippen LogP contribution in [0.2, 0.25) is 0 Å². The van der Waals surface area contributed by atoms with E-state index < -0.39 is 10.0 Å². The monoisotopic (exact) mass is 294 g/mol. The van der Waals surface area contributed by atoms with Crippen LogP contribution in [0.1, 0.15) is 5.69 Å². The molecular formula is C13H18N4O2S. The van der Waals surface area contributed by atoms with Gasteiger partial charge >= 0.3 is 0 Å². The summed E-state index contributed by atoms with van der Waals surface area (Å²) in [7, 11) is 1.50. The van der Waals surface area contributed by atoms with Crippen LogP contribution < -0.4 is 5.32 Å². The summed E-state index contributed by atoms with van der Waals surface area (Å²) in [5.41, 5.74) is 2.60. The van der Waals surface area contributed by atoms with Crippen molar-refractivity contribution in [2.75, 3.05) is 19.4 Å². The van der Waals surface area contributed by atoms with Crippen molar-refractivity contribution in [2.24, 2.45) is 7.05 Å². The third-order valence-electron chi connectivity index (χ3n) is 2.93. The van der Waals surface area contributed by atoms with Crippen molar-refractivity contribution < 1.29 is 8.42 Å². The molecule has 1 aromatic heterocycles. The predicted octanol–water partition coefficient (Wildman–Crippen LogP) is 1.72. The molecule has 2 rings (SSSR count). The highest BCUT2D eigenvalue weighted by Crippen LogP contribution is 2.21. The quantitative estimate of drug-likeness (QED) is 0.932. The van der Waals surface area contributed by atoms with Crippen molar-refractivity contribution in [1.82, 2.24) is 14.1 Å². The van der Waals surface area contributed by atoms with Crippen LogP contribution in [0, 0.1) is 6.92 Å². The van der Waals surface area contributed by atoms with Crippen LogP contribution >= 0.6 is 0 Å². The van der Waals surface area contributed by atoms with Gasteiger partial charge in [0, 0.05) is 33.0 Å². The first-order chi connectivity index (χ1) is 9.30. The normalized spacial score (nSPS) is 11.8. The maximum Gasteiger partial charge on any atom is 0.242 e. The molecule has 0 saturated heterocycles. The summed E-state index contributed by atoms with van der Waals surface area (Å²) in [4.78, 5) is 0.274. The summed E-state index contributed by atoms with van der Waals surface area (Å²) in [5, 5.41) is 7.45. The Morgan fingerprint density at radius 2 is 1.80 bits per heavy atom. The highest BCUT2D eigenvalue weighted by atomic mass is 32.2. The summed E-state index contributed by atoms with van der Waals surface area (Å²) >= 11 is 0. The summed E-state index contributed by atoms with van der Waals surface area (Å²) in [6, 6.07) is 6.65. The minimum atomic E-state index is -3.38. The molecule has 0 amide bonds. The Bertz CT molecular complexity index is 702. The van der Waals surface area contributed by atoms with Gasteiger partial charge in [0.1, 0.15) is 0 Å². The maximum atomic E-state index is 12.0. The smallest absolute Gasteiger partial charge is 0.242 e. The first kappa shape index (κ1) is 14.5. The lowest BCUT2D eigenvalue weighted by molar-refractivity contribution is 0.521. The molecule has 0 spiro atoms. The van der Waals surface area contributed by atoms with Crippen LogP contribution in [0.3, 0.4) is 0 Å². The Labute approximate surface area is 119 Å².